The van der Waals surface area contributed by atoms with Gasteiger partial charge in [0.2, 0.25) is 0 Å². The van der Waals surface area contributed by atoms with E-state index >= 15 is 0 Å². The molecule has 0 aliphatic heterocycles. The van der Waals surface area contributed by atoms with Gasteiger partial charge in [0.1, 0.15) is 22.4 Å². The van der Waals surface area contributed by atoms with E-state index in [1.54, 1.807) is 0 Å². The van der Waals surface area contributed by atoms with Gasteiger partial charge in [0.05, 0.1) is 11.3 Å². The average Bonchev–Trinajstić information content (AvgIpc) is 2.88. The molecule has 1 heterocycles. The summed E-state index contributed by atoms with van der Waals surface area (Å²) in [5.74, 6) is -0.908. The van der Waals surface area contributed by atoms with Crippen LogP contribution < -0.4 is 11.1 Å². The number of thiocarbonyl (C=S) groups is 1. The minimum Gasteiger partial charge on any atom is -0.389 e. The Morgan fingerprint density at radius 2 is 2.05 bits per heavy atom. The second-order valence-electron chi connectivity index (χ2n) is 4.96. The van der Waals surface area contributed by atoms with Crippen LogP contribution in [0.3, 0.4) is 0 Å². The van der Waals surface area contributed by atoms with Crippen molar-refractivity contribution in [3.8, 4) is 0 Å². The van der Waals surface area contributed by atoms with Gasteiger partial charge in [-0.1, -0.05) is 12.2 Å². The summed E-state index contributed by atoms with van der Waals surface area (Å²) in [6, 6.07) is 5.22. The van der Waals surface area contributed by atoms with Gasteiger partial charge >= 0.3 is 0 Å². The molecule has 3 rings (SSSR count). The molecule has 3 N–H and O–H groups in total. The minimum absolute atomic E-state index is 0.138. The van der Waals surface area contributed by atoms with Crippen LogP contribution in [0.25, 0.3) is 0 Å². The van der Waals surface area contributed by atoms with Crippen LogP contribution in [0.1, 0.15) is 23.2 Å². The van der Waals surface area contributed by atoms with Crippen LogP contribution in [0.4, 0.5) is 20.3 Å². The molecule has 3 nitrogen and oxygen atoms in total. The van der Waals surface area contributed by atoms with Crippen LogP contribution in [0.2, 0.25) is 0 Å². The zero-order valence-corrected chi connectivity index (χ0v) is 11.9. The fraction of sp³-hybridized carbons (Fsp3) is 0.200. The van der Waals surface area contributed by atoms with Crippen molar-refractivity contribution >= 4 is 28.7 Å². The molecule has 0 radical (unpaired) electrons. The summed E-state index contributed by atoms with van der Waals surface area (Å²) in [5.41, 5.74) is 8.54. The summed E-state index contributed by atoms with van der Waals surface area (Å²) < 4.78 is 26.7. The smallest absolute Gasteiger partial charge is 0.149 e. The molecule has 1 aromatic carbocycles. The SMILES string of the molecule is NC(=S)c1cc2c(nc1Nc1ccc(F)cc1F)CCC2. The van der Waals surface area contributed by atoms with Gasteiger partial charge in [-0.2, -0.15) is 0 Å². The van der Waals surface area contributed by atoms with Gasteiger partial charge < -0.3 is 11.1 Å². The zero-order chi connectivity index (χ0) is 15.0. The Bertz CT molecular complexity index is 731. The first kappa shape index (κ1) is 13.9. The molecule has 0 spiro atoms. The molecule has 0 unspecified atom stereocenters. The third kappa shape index (κ3) is 2.71. The highest BCUT2D eigenvalue weighted by Gasteiger charge is 2.18. The molecule has 0 saturated heterocycles. The number of rotatable bonds is 3. The van der Waals surface area contributed by atoms with E-state index in [2.05, 4.69) is 10.3 Å². The maximum atomic E-state index is 13.7. The van der Waals surface area contributed by atoms with Crippen LogP contribution in [0, 0.1) is 11.6 Å². The van der Waals surface area contributed by atoms with Crippen LogP contribution in [0.5, 0.6) is 0 Å². The predicted octanol–water partition coefficient (Wildman–Crippen LogP) is 3.23. The van der Waals surface area contributed by atoms with E-state index in [0.29, 0.717) is 11.4 Å². The summed E-state index contributed by atoms with van der Waals surface area (Å²) >= 11 is 5.03. The lowest BCUT2D eigenvalue weighted by Gasteiger charge is -2.13. The van der Waals surface area contributed by atoms with Crippen LogP contribution in [-0.4, -0.2) is 9.97 Å². The topological polar surface area (TPSA) is 50.9 Å². The number of pyridine rings is 1. The van der Waals surface area contributed by atoms with Crippen molar-refractivity contribution in [1.29, 1.82) is 0 Å². The highest BCUT2D eigenvalue weighted by Crippen LogP contribution is 2.28. The number of halogens is 2. The summed E-state index contributed by atoms with van der Waals surface area (Å²) in [6.45, 7) is 0. The van der Waals surface area contributed by atoms with E-state index < -0.39 is 11.6 Å². The molecular weight excluding hydrogens is 292 g/mol. The summed E-state index contributed by atoms with van der Waals surface area (Å²) in [6.07, 6.45) is 2.87. The number of anilines is 2. The first-order valence-electron chi connectivity index (χ1n) is 6.59. The van der Waals surface area contributed by atoms with Crippen molar-refractivity contribution in [2.75, 3.05) is 5.32 Å². The number of hydrogen-bond donors (Lipinski definition) is 2. The molecule has 1 aliphatic carbocycles. The second-order valence-corrected chi connectivity index (χ2v) is 5.40. The van der Waals surface area contributed by atoms with Gasteiger partial charge in [-0.15, -0.1) is 0 Å². The summed E-state index contributed by atoms with van der Waals surface area (Å²) in [5, 5.41) is 2.86. The molecule has 0 atom stereocenters. The van der Waals surface area contributed by atoms with Gasteiger partial charge in [0, 0.05) is 11.8 Å². The third-order valence-electron chi connectivity index (χ3n) is 3.50. The number of nitrogens with two attached hydrogens (primary N) is 1. The largest absolute Gasteiger partial charge is 0.389 e. The van der Waals surface area contributed by atoms with Crippen LogP contribution in [0.15, 0.2) is 24.3 Å². The maximum absolute atomic E-state index is 13.7. The van der Waals surface area contributed by atoms with Gasteiger partial charge in [0.25, 0.3) is 0 Å². The highest BCUT2D eigenvalue weighted by molar-refractivity contribution is 7.80. The number of aryl methyl sites for hydroxylation is 2. The first-order valence-corrected chi connectivity index (χ1v) is 7.00. The van der Waals surface area contributed by atoms with Crippen molar-refractivity contribution in [2.24, 2.45) is 5.73 Å². The number of nitrogens with one attached hydrogen (secondary N) is 1. The van der Waals surface area contributed by atoms with Crippen molar-refractivity contribution in [3.05, 3.63) is 52.7 Å². The van der Waals surface area contributed by atoms with Crippen molar-refractivity contribution in [1.82, 2.24) is 4.98 Å². The van der Waals surface area contributed by atoms with E-state index in [1.807, 2.05) is 6.07 Å². The summed E-state index contributed by atoms with van der Waals surface area (Å²) in [7, 11) is 0. The second kappa shape index (κ2) is 5.37. The Kier molecular flexibility index (Phi) is 3.55. The van der Waals surface area contributed by atoms with Crippen molar-refractivity contribution < 1.29 is 8.78 Å². The number of hydrogen-bond acceptors (Lipinski definition) is 3. The monoisotopic (exact) mass is 305 g/mol. The molecule has 0 saturated carbocycles. The highest BCUT2D eigenvalue weighted by atomic mass is 32.1. The molecule has 0 amide bonds. The number of fused-ring (bicyclic) bond motifs is 1. The lowest BCUT2D eigenvalue weighted by atomic mass is 10.1. The zero-order valence-electron chi connectivity index (χ0n) is 11.1. The summed E-state index contributed by atoms with van der Waals surface area (Å²) in [4.78, 5) is 4.69. The normalized spacial score (nSPS) is 13.0. The van der Waals surface area contributed by atoms with E-state index in [0.717, 1.165) is 36.6 Å². The standard InChI is InChI=1S/C15H13F2N3S/c16-9-4-5-13(11(17)7-9)20-15-10(14(18)21)6-8-2-1-3-12(8)19-15/h4-7H,1-3H2,(H2,18,21)(H,19,20). The molecule has 0 fully saturated rings. The van der Waals surface area contributed by atoms with Gasteiger partial charge in [-0.05, 0) is 43.0 Å². The molecule has 21 heavy (non-hydrogen) atoms. The molecule has 6 heteroatoms. The quantitative estimate of drug-likeness (QED) is 0.855. The van der Waals surface area contributed by atoms with Crippen LogP contribution >= 0.6 is 12.2 Å². The average molecular weight is 305 g/mol. The van der Waals surface area contributed by atoms with E-state index in [-0.39, 0.29) is 10.7 Å². The van der Waals surface area contributed by atoms with Crippen molar-refractivity contribution in [2.45, 2.75) is 19.3 Å². The Morgan fingerprint density at radius 3 is 2.76 bits per heavy atom. The van der Waals surface area contributed by atoms with Crippen LogP contribution in [-0.2, 0) is 12.8 Å². The lowest BCUT2D eigenvalue weighted by Crippen LogP contribution is -2.14. The third-order valence-corrected chi connectivity index (χ3v) is 3.72. The fourth-order valence-electron chi connectivity index (χ4n) is 2.47. The Labute approximate surface area is 126 Å². The molecule has 1 aromatic heterocycles. The van der Waals surface area contributed by atoms with Crippen molar-refractivity contribution in [3.63, 3.8) is 0 Å². The minimum atomic E-state index is -0.689. The van der Waals surface area contributed by atoms with E-state index in [9.17, 15) is 8.78 Å². The van der Waals surface area contributed by atoms with Gasteiger partial charge in [0.15, 0.2) is 0 Å². The number of benzene rings is 1. The van der Waals surface area contributed by atoms with E-state index in [1.165, 1.54) is 12.1 Å². The van der Waals surface area contributed by atoms with Gasteiger partial charge in [-0.25, -0.2) is 13.8 Å². The Morgan fingerprint density at radius 1 is 1.24 bits per heavy atom. The molecule has 1 aliphatic rings. The number of nitrogens with zero attached hydrogens (tertiary/aromatic N) is 1. The number of aromatic nitrogens is 1. The maximum Gasteiger partial charge on any atom is 0.149 e. The first-order chi connectivity index (χ1) is 10.0. The molecule has 0 bridgehead atoms. The van der Waals surface area contributed by atoms with Gasteiger partial charge in [-0.3, -0.25) is 0 Å². The lowest BCUT2D eigenvalue weighted by molar-refractivity contribution is 0.586. The molecule has 2 aromatic rings. The Balaban J connectivity index is 2.03. The molecular formula is C15H13F2N3S. The van der Waals surface area contributed by atoms with E-state index in [4.69, 9.17) is 18.0 Å². The Hall–Kier alpha value is -2.08. The molecule has 108 valence electrons. The predicted molar refractivity (Wildman–Crippen MR) is 81.8 cm³/mol. The fourth-order valence-corrected chi connectivity index (χ4v) is 2.63.